The van der Waals surface area contributed by atoms with Crippen LogP contribution in [0.3, 0.4) is 0 Å². The number of carbonyl (C=O) groups is 1. The van der Waals surface area contributed by atoms with Crippen molar-refractivity contribution in [3.05, 3.63) is 64.6 Å². The van der Waals surface area contributed by atoms with Gasteiger partial charge in [-0.1, -0.05) is 11.6 Å². The van der Waals surface area contributed by atoms with Crippen LogP contribution >= 0.6 is 11.6 Å². The first kappa shape index (κ1) is 26.8. The van der Waals surface area contributed by atoms with Gasteiger partial charge in [0.25, 0.3) is 5.91 Å². The number of carbonyl (C=O) groups excluding carboxylic acids is 1. The molecule has 2 N–H and O–H groups in total. The van der Waals surface area contributed by atoms with E-state index in [2.05, 4.69) is 20.4 Å². The van der Waals surface area contributed by atoms with E-state index in [1.54, 1.807) is 0 Å². The van der Waals surface area contributed by atoms with Gasteiger partial charge in [-0.05, 0) is 68.1 Å². The maximum atomic E-state index is 13.6. The molecule has 1 amide bonds. The Bertz CT molecular complexity index is 1310. The number of hydrogen-bond acceptors (Lipinski definition) is 4. The Balaban J connectivity index is 1.41. The van der Waals surface area contributed by atoms with E-state index in [0.717, 1.165) is 12.1 Å². The van der Waals surface area contributed by atoms with Crippen LogP contribution in [0.2, 0.25) is 5.02 Å². The number of nitrogens with one attached hydrogen (secondary N) is 2. The number of aromatic nitrogens is 1. The van der Waals surface area contributed by atoms with E-state index < -0.39 is 35.7 Å². The molecular weight excluding hydrogens is 531 g/mol. The number of anilines is 1. The van der Waals surface area contributed by atoms with Gasteiger partial charge in [0.1, 0.15) is 5.69 Å². The molecule has 3 aromatic rings. The van der Waals surface area contributed by atoms with E-state index in [1.807, 2.05) is 0 Å². The Kier molecular flexibility index (Phi) is 7.40. The Hall–Kier alpha value is -3.28. The van der Waals surface area contributed by atoms with E-state index >= 15 is 0 Å². The van der Waals surface area contributed by atoms with Crippen LogP contribution in [0.25, 0.3) is 10.9 Å². The monoisotopic (exact) mass is 549 g/mol. The van der Waals surface area contributed by atoms with Crippen molar-refractivity contribution in [2.75, 3.05) is 5.32 Å². The van der Waals surface area contributed by atoms with E-state index in [1.165, 1.54) is 18.2 Å². The van der Waals surface area contributed by atoms with Gasteiger partial charge in [-0.3, -0.25) is 4.79 Å². The van der Waals surface area contributed by atoms with Crippen molar-refractivity contribution in [1.29, 1.82) is 0 Å². The number of fused-ring (bicyclic) bond motifs is 1. The summed E-state index contributed by atoms with van der Waals surface area (Å²) in [6.07, 6.45) is -7.88. The molecule has 1 heterocycles. The highest BCUT2D eigenvalue weighted by Gasteiger charge is 2.34. The molecule has 0 spiro atoms. The SMILES string of the molecule is O=C(N[C@H]1CC[C@@H](Nc2cc(C(F)(F)F)nc3ccc(Cl)cc23)CC1)c1ccc(F)c(OC(F)(F)F)c1. The second-order valence-corrected chi connectivity index (χ2v) is 9.01. The third-order valence-corrected chi connectivity index (χ3v) is 6.14. The van der Waals surface area contributed by atoms with Gasteiger partial charge in [-0.2, -0.15) is 13.2 Å². The van der Waals surface area contributed by atoms with Gasteiger partial charge in [0.2, 0.25) is 0 Å². The number of benzene rings is 2. The van der Waals surface area contributed by atoms with Gasteiger partial charge < -0.3 is 15.4 Å². The summed E-state index contributed by atoms with van der Waals surface area (Å²) >= 11 is 6.03. The first-order chi connectivity index (χ1) is 17.3. The standard InChI is InChI=1S/C24H19ClF7N3O2/c25-13-2-8-18-16(10-13)19(11-21(35-18)23(27,28)29)33-14-3-5-15(6-4-14)34-22(36)12-1-7-17(26)20(9-12)37-24(30,31)32/h1-2,7-11,14-15H,3-6H2,(H,33,35)(H,34,36)/t14-,15+. The summed E-state index contributed by atoms with van der Waals surface area (Å²) in [6.45, 7) is 0. The maximum Gasteiger partial charge on any atom is 0.573 e. The van der Waals surface area contributed by atoms with Gasteiger partial charge in [0.05, 0.1) is 5.52 Å². The number of ether oxygens (including phenoxy) is 1. The second kappa shape index (κ2) is 10.2. The van der Waals surface area contributed by atoms with E-state index in [-0.39, 0.29) is 28.9 Å². The fraction of sp³-hybridized carbons (Fsp3) is 0.333. The average Bonchev–Trinajstić information content (AvgIpc) is 2.80. The van der Waals surface area contributed by atoms with Gasteiger partial charge in [-0.25, -0.2) is 9.37 Å². The smallest absolute Gasteiger partial charge is 0.403 e. The number of halogens is 8. The predicted molar refractivity (Wildman–Crippen MR) is 122 cm³/mol. The van der Waals surface area contributed by atoms with E-state index in [4.69, 9.17) is 11.6 Å². The lowest BCUT2D eigenvalue weighted by atomic mass is 9.90. The molecule has 2 aromatic carbocycles. The average molecular weight is 550 g/mol. The molecule has 0 saturated heterocycles. The lowest BCUT2D eigenvalue weighted by Crippen LogP contribution is -2.40. The molecule has 0 aliphatic heterocycles. The first-order valence-electron chi connectivity index (χ1n) is 11.1. The lowest BCUT2D eigenvalue weighted by molar-refractivity contribution is -0.275. The zero-order valence-corrected chi connectivity index (χ0v) is 19.6. The zero-order chi connectivity index (χ0) is 27.0. The molecule has 0 radical (unpaired) electrons. The Morgan fingerprint density at radius 2 is 1.62 bits per heavy atom. The molecule has 1 saturated carbocycles. The molecule has 1 aromatic heterocycles. The van der Waals surface area contributed by atoms with Gasteiger partial charge >= 0.3 is 12.5 Å². The summed E-state index contributed by atoms with van der Waals surface area (Å²) in [5, 5.41) is 6.60. The first-order valence-corrected chi connectivity index (χ1v) is 11.5. The molecular formula is C24H19ClF7N3O2. The van der Waals surface area contributed by atoms with Crippen molar-refractivity contribution in [2.45, 2.75) is 50.3 Å². The topological polar surface area (TPSA) is 63.2 Å². The summed E-state index contributed by atoms with van der Waals surface area (Å²) in [5.41, 5.74) is -0.883. The fourth-order valence-corrected chi connectivity index (χ4v) is 4.35. The summed E-state index contributed by atoms with van der Waals surface area (Å²) in [4.78, 5) is 16.2. The molecule has 0 bridgehead atoms. The molecule has 198 valence electrons. The lowest BCUT2D eigenvalue weighted by Gasteiger charge is -2.31. The minimum Gasteiger partial charge on any atom is -0.403 e. The molecule has 13 heteroatoms. The molecule has 1 fully saturated rings. The van der Waals surface area contributed by atoms with Crippen LogP contribution in [0.1, 0.15) is 41.7 Å². The zero-order valence-electron chi connectivity index (χ0n) is 18.8. The quantitative estimate of drug-likeness (QED) is 0.333. The van der Waals surface area contributed by atoms with Crippen LogP contribution in [0.5, 0.6) is 5.75 Å². The van der Waals surface area contributed by atoms with Crippen molar-refractivity contribution in [3.8, 4) is 5.75 Å². The fourth-order valence-electron chi connectivity index (χ4n) is 4.18. The van der Waals surface area contributed by atoms with Crippen LogP contribution < -0.4 is 15.4 Å². The molecule has 1 aliphatic rings. The third-order valence-electron chi connectivity index (χ3n) is 5.90. The molecule has 5 nitrogen and oxygen atoms in total. The van der Waals surface area contributed by atoms with Crippen molar-refractivity contribution in [1.82, 2.24) is 10.3 Å². The third kappa shape index (κ3) is 6.73. The van der Waals surface area contributed by atoms with E-state index in [9.17, 15) is 35.5 Å². The van der Waals surface area contributed by atoms with Crippen molar-refractivity contribution in [3.63, 3.8) is 0 Å². The van der Waals surface area contributed by atoms with Crippen molar-refractivity contribution in [2.24, 2.45) is 0 Å². The summed E-state index contributed by atoms with van der Waals surface area (Å²) < 4.78 is 94.6. The minimum absolute atomic E-state index is 0.135. The number of alkyl halides is 6. The van der Waals surface area contributed by atoms with Gasteiger partial charge in [0.15, 0.2) is 11.6 Å². The molecule has 0 atom stereocenters. The Labute approximate surface area is 211 Å². The van der Waals surface area contributed by atoms with Crippen LogP contribution in [0.15, 0.2) is 42.5 Å². The summed E-state index contributed by atoms with van der Waals surface area (Å²) in [7, 11) is 0. The number of amides is 1. The van der Waals surface area contributed by atoms with Crippen LogP contribution in [0, 0.1) is 5.82 Å². The summed E-state index contributed by atoms with van der Waals surface area (Å²) in [6, 6.07) is 7.19. The van der Waals surface area contributed by atoms with Gasteiger partial charge in [-0.15, -0.1) is 13.2 Å². The molecule has 4 rings (SSSR count). The molecule has 1 aliphatic carbocycles. The van der Waals surface area contributed by atoms with Crippen LogP contribution in [0.4, 0.5) is 36.4 Å². The molecule has 37 heavy (non-hydrogen) atoms. The summed E-state index contributed by atoms with van der Waals surface area (Å²) in [5.74, 6) is -3.08. The molecule has 0 unspecified atom stereocenters. The highest BCUT2D eigenvalue weighted by Crippen LogP contribution is 2.35. The number of nitrogens with zero attached hydrogens (tertiary/aromatic N) is 1. The number of hydrogen-bond donors (Lipinski definition) is 2. The number of rotatable bonds is 5. The highest BCUT2D eigenvalue weighted by atomic mass is 35.5. The van der Waals surface area contributed by atoms with Crippen LogP contribution in [-0.2, 0) is 6.18 Å². The largest absolute Gasteiger partial charge is 0.573 e. The predicted octanol–water partition coefficient (Wildman–Crippen LogP) is 7.10. The highest BCUT2D eigenvalue weighted by molar-refractivity contribution is 6.31. The number of pyridine rings is 1. The van der Waals surface area contributed by atoms with Crippen LogP contribution in [-0.4, -0.2) is 29.3 Å². The Morgan fingerprint density at radius 3 is 2.27 bits per heavy atom. The maximum absolute atomic E-state index is 13.6. The van der Waals surface area contributed by atoms with E-state index in [0.29, 0.717) is 48.2 Å². The Morgan fingerprint density at radius 1 is 0.946 bits per heavy atom. The normalized spacial score (nSPS) is 18.5. The van der Waals surface area contributed by atoms with Crippen molar-refractivity contribution >= 4 is 34.1 Å². The minimum atomic E-state index is -5.12. The second-order valence-electron chi connectivity index (χ2n) is 8.57. The van der Waals surface area contributed by atoms with Gasteiger partial charge in [0, 0.05) is 33.7 Å². The van der Waals surface area contributed by atoms with Crippen molar-refractivity contribution < 1.29 is 40.3 Å².